The van der Waals surface area contributed by atoms with E-state index in [2.05, 4.69) is 21.7 Å². The number of likely N-dealkylation sites (N-methyl/N-ethyl adjacent to an activating group) is 1. The minimum atomic E-state index is -5.08. The Hall–Kier alpha value is -1.69. The lowest BCUT2D eigenvalue weighted by atomic mass is 9.73. The second kappa shape index (κ2) is 11.3. The minimum absolute atomic E-state index is 0.0191. The molecule has 0 radical (unpaired) electrons. The van der Waals surface area contributed by atoms with Gasteiger partial charge in [-0.1, -0.05) is 0 Å². The van der Waals surface area contributed by atoms with E-state index in [0.717, 1.165) is 45.5 Å². The van der Waals surface area contributed by atoms with Crippen molar-refractivity contribution in [2.75, 3.05) is 47.0 Å². The molecule has 0 spiro atoms. The van der Waals surface area contributed by atoms with Gasteiger partial charge < -0.3 is 19.5 Å². The first-order valence-electron chi connectivity index (χ1n) is 9.96. The van der Waals surface area contributed by atoms with Crippen LogP contribution in [0.2, 0.25) is 0 Å². The monoisotopic (exact) mass is 466 g/mol. The van der Waals surface area contributed by atoms with Crippen LogP contribution < -0.4 is 0 Å². The lowest BCUT2D eigenvalue weighted by Crippen LogP contribution is -2.56. The van der Waals surface area contributed by atoms with Crippen LogP contribution in [0.4, 0.5) is 13.2 Å². The zero-order chi connectivity index (χ0) is 23.1. The maximum atomic E-state index is 11.8. The highest BCUT2D eigenvalue weighted by molar-refractivity contribution is 7.07. The Morgan fingerprint density at radius 1 is 1.42 bits per heavy atom. The number of fused-ring (bicyclic) bond motifs is 1. The number of amides is 1. The number of hydrogen-bond acceptors (Lipinski definition) is 6. The molecule has 2 atom stereocenters. The van der Waals surface area contributed by atoms with Crippen LogP contribution in [0.15, 0.2) is 16.8 Å². The van der Waals surface area contributed by atoms with Crippen LogP contribution in [0.3, 0.4) is 0 Å². The van der Waals surface area contributed by atoms with E-state index in [1.165, 1.54) is 5.56 Å². The van der Waals surface area contributed by atoms with Gasteiger partial charge in [0, 0.05) is 45.8 Å². The number of likely N-dealkylation sites (tertiary alicyclic amines) is 1. The van der Waals surface area contributed by atoms with Crippen molar-refractivity contribution >= 4 is 23.2 Å². The second-order valence-corrected chi connectivity index (χ2v) is 8.82. The number of halogens is 3. The van der Waals surface area contributed by atoms with Crippen LogP contribution in [-0.4, -0.2) is 86.1 Å². The van der Waals surface area contributed by atoms with Gasteiger partial charge in [0.15, 0.2) is 0 Å². The minimum Gasteiger partial charge on any atom is -0.475 e. The zero-order valence-corrected chi connectivity index (χ0v) is 18.5. The molecule has 3 heterocycles. The first-order valence-corrected chi connectivity index (χ1v) is 10.9. The Balaban J connectivity index is 0.000000423. The summed E-state index contributed by atoms with van der Waals surface area (Å²) in [6.45, 7) is 4.67. The highest BCUT2D eigenvalue weighted by atomic mass is 32.1. The third kappa shape index (κ3) is 7.74. The van der Waals surface area contributed by atoms with Crippen LogP contribution >= 0.6 is 11.3 Å². The fourth-order valence-corrected chi connectivity index (χ4v) is 4.50. The van der Waals surface area contributed by atoms with Gasteiger partial charge in [-0.05, 0) is 41.7 Å². The summed E-state index contributed by atoms with van der Waals surface area (Å²) in [6, 6.07) is 2.20. The van der Waals surface area contributed by atoms with Crippen molar-refractivity contribution < 1.29 is 37.3 Å². The normalized spacial score (nSPS) is 24.0. The van der Waals surface area contributed by atoms with Gasteiger partial charge in [0.25, 0.3) is 0 Å². The van der Waals surface area contributed by atoms with Gasteiger partial charge in [-0.2, -0.15) is 24.5 Å². The molecule has 2 aliphatic rings. The quantitative estimate of drug-likeness (QED) is 0.695. The zero-order valence-electron chi connectivity index (χ0n) is 17.7. The highest BCUT2D eigenvalue weighted by Crippen LogP contribution is 2.40. The number of aliphatic carboxylic acids is 1. The van der Waals surface area contributed by atoms with Crippen molar-refractivity contribution in [2.45, 2.75) is 38.1 Å². The molecular formula is C20H29F3N2O5S. The molecule has 0 bridgehead atoms. The van der Waals surface area contributed by atoms with E-state index < -0.39 is 12.1 Å². The van der Waals surface area contributed by atoms with Crippen LogP contribution in [0.5, 0.6) is 0 Å². The Morgan fingerprint density at radius 2 is 2.13 bits per heavy atom. The van der Waals surface area contributed by atoms with E-state index in [9.17, 15) is 18.0 Å². The van der Waals surface area contributed by atoms with E-state index in [0.29, 0.717) is 6.61 Å². The average Bonchev–Trinajstić information content (AvgIpc) is 3.20. The maximum Gasteiger partial charge on any atom is 0.490 e. The predicted molar refractivity (Wildman–Crippen MR) is 109 cm³/mol. The van der Waals surface area contributed by atoms with Gasteiger partial charge in [-0.3, -0.25) is 9.69 Å². The highest BCUT2D eigenvalue weighted by Gasteiger charge is 2.46. The molecule has 1 N–H and O–H groups in total. The van der Waals surface area contributed by atoms with Crippen molar-refractivity contribution in [1.82, 2.24) is 9.80 Å². The molecule has 176 valence electrons. The molecule has 1 aromatic heterocycles. The number of carboxylic acid groups (broad SMARTS) is 1. The van der Waals surface area contributed by atoms with Gasteiger partial charge in [-0.15, -0.1) is 0 Å². The fraction of sp³-hybridized carbons (Fsp3) is 0.700. The Kier molecular flexibility index (Phi) is 9.28. The summed E-state index contributed by atoms with van der Waals surface area (Å²) in [5.74, 6) is -2.74. The lowest BCUT2D eigenvalue weighted by Gasteiger charge is -2.50. The molecule has 2 aliphatic heterocycles. The summed E-state index contributed by atoms with van der Waals surface area (Å²) in [6.07, 6.45) is -1.57. The number of thiophene rings is 1. The van der Waals surface area contributed by atoms with Crippen LogP contribution in [-0.2, 0) is 25.6 Å². The Morgan fingerprint density at radius 3 is 2.71 bits per heavy atom. The third-order valence-corrected chi connectivity index (χ3v) is 6.14. The van der Waals surface area contributed by atoms with Crippen LogP contribution in [0, 0.1) is 5.41 Å². The first kappa shape index (κ1) is 25.6. The number of piperidine rings is 1. The molecule has 0 saturated carbocycles. The number of ether oxygens (including phenoxy) is 2. The third-order valence-electron chi connectivity index (χ3n) is 5.41. The number of hydrogen-bond donors (Lipinski definition) is 1. The molecule has 11 heteroatoms. The van der Waals surface area contributed by atoms with E-state index in [4.69, 9.17) is 19.4 Å². The van der Waals surface area contributed by atoms with Gasteiger partial charge >= 0.3 is 12.1 Å². The Labute approximate surface area is 183 Å². The Bertz CT molecular complexity index is 714. The number of nitrogens with zero attached hydrogens (tertiary/aromatic N) is 2. The van der Waals surface area contributed by atoms with E-state index in [-0.39, 0.29) is 24.0 Å². The van der Waals surface area contributed by atoms with Crippen LogP contribution in [0.25, 0.3) is 0 Å². The maximum absolute atomic E-state index is 11.8. The number of alkyl halides is 3. The summed E-state index contributed by atoms with van der Waals surface area (Å²) in [4.78, 5) is 24.8. The summed E-state index contributed by atoms with van der Waals surface area (Å²) in [5, 5.41) is 11.5. The summed E-state index contributed by atoms with van der Waals surface area (Å²) in [7, 11) is 3.53. The van der Waals surface area contributed by atoms with E-state index in [1.807, 2.05) is 0 Å². The van der Waals surface area contributed by atoms with Crippen molar-refractivity contribution in [3.8, 4) is 0 Å². The topological polar surface area (TPSA) is 79.3 Å². The van der Waals surface area contributed by atoms with Crippen molar-refractivity contribution in [2.24, 2.45) is 5.41 Å². The molecule has 0 aliphatic carbocycles. The van der Waals surface area contributed by atoms with Gasteiger partial charge in [0.1, 0.15) is 6.61 Å². The number of carbonyl (C=O) groups excluding carboxylic acids is 1. The number of carboxylic acids is 1. The largest absolute Gasteiger partial charge is 0.490 e. The number of carbonyl (C=O) groups is 2. The molecule has 2 saturated heterocycles. The molecule has 1 aromatic rings. The molecule has 2 unspecified atom stereocenters. The van der Waals surface area contributed by atoms with Gasteiger partial charge in [-0.25, -0.2) is 4.79 Å². The first-order chi connectivity index (χ1) is 14.5. The predicted octanol–water partition coefficient (Wildman–Crippen LogP) is 2.86. The second-order valence-electron chi connectivity index (χ2n) is 8.04. The molecule has 3 rings (SSSR count). The van der Waals surface area contributed by atoms with E-state index >= 15 is 0 Å². The van der Waals surface area contributed by atoms with Crippen molar-refractivity contribution in [3.05, 3.63) is 22.4 Å². The molecule has 0 aromatic carbocycles. The SMILES string of the molecule is CN(C)C(=O)COCC12CCCOC1CCN(Cc1ccsc1)C2.O=C(O)C(F)(F)F. The summed E-state index contributed by atoms with van der Waals surface area (Å²) < 4.78 is 43.7. The standard InChI is InChI=1S/C18H28N2O3S.C2HF3O2/c1-19(2)17(21)11-22-14-18-6-3-8-23-16(18)4-7-20(13-18)10-15-5-9-24-12-15;3-2(4,5)1(6)7/h5,9,12,16H,3-4,6-8,10-11,13-14H2,1-2H3;(H,6,7). The summed E-state index contributed by atoms with van der Waals surface area (Å²) in [5.41, 5.74) is 1.41. The summed E-state index contributed by atoms with van der Waals surface area (Å²) >= 11 is 1.75. The van der Waals surface area contributed by atoms with Crippen molar-refractivity contribution in [3.63, 3.8) is 0 Å². The molecule has 2 fully saturated rings. The van der Waals surface area contributed by atoms with Gasteiger partial charge in [0.2, 0.25) is 5.91 Å². The smallest absolute Gasteiger partial charge is 0.475 e. The average molecular weight is 467 g/mol. The number of rotatable bonds is 6. The molecular weight excluding hydrogens is 437 g/mol. The van der Waals surface area contributed by atoms with E-state index in [1.54, 1.807) is 30.3 Å². The fourth-order valence-electron chi connectivity index (χ4n) is 3.84. The van der Waals surface area contributed by atoms with Crippen molar-refractivity contribution in [1.29, 1.82) is 0 Å². The molecule has 31 heavy (non-hydrogen) atoms. The lowest BCUT2D eigenvalue weighted by molar-refractivity contribution is -0.192. The van der Waals surface area contributed by atoms with Gasteiger partial charge in [0.05, 0.1) is 12.7 Å². The molecule has 1 amide bonds. The van der Waals surface area contributed by atoms with Crippen LogP contribution in [0.1, 0.15) is 24.8 Å². The molecule has 7 nitrogen and oxygen atoms in total.